The fourth-order valence-corrected chi connectivity index (χ4v) is 4.00. The predicted octanol–water partition coefficient (Wildman–Crippen LogP) is 3.78. The number of hydrogen-bond donors (Lipinski definition) is 2. The summed E-state index contributed by atoms with van der Waals surface area (Å²) in [4.78, 5) is 19.9. The van der Waals surface area contributed by atoms with Gasteiger partial charge in [0, 0.05) is 16.2 Å². The number of H-pyrrole nitrogens is 1. The molecule has 2 aromatic carbocycles. The van der Waals surface area contributed by atoms with Crippen LogP contribution >= 0.6 is 0 Å². The Balaban J connectivity index is 2.12. The third-order valence-corrected chi connectivity index (χ3v) is 4.99. The molecule has 0 saturated carbocycles. The summed E-state index contributed by atoms with van der Waals surface area (Å²) in [6, 6.07) is 17.7. The van der Waals surface area contributed by atoms with Gasteiger partial charge in [0.2, 0.25) is 5.88 Å². The highest BCUT2D eigenvalue weighted by Gasteiger charge is 2.22. The molecule has 0 bridgehead atoms. The Hall–Kier alpha value is -3.60. The van der Waals surface area contributed by atoms with E-state index >= 15 is 0 Å². The summed E-state index contributed by atoms with van der Waals surface area (Å²) in [6.07, 6.45) is 0. The minimum atomic E-state index is -0.296. The van der Waals surface area contributed by atoms with E-state index in [0.717, 1.165) is 38.2 Å². The van der Waals surface area contributed by atoms with Crippen LogP contribution in [0.25, 0.3) is 49.1 Å². The van der Waals surface area contributed by atoms with Crippen molar-refractivity contribution < 1.29 is 5.11 Å². The van der Waals surface area contributed by atoms with Crippen LogP contribution in [0.2, 0.25) is 0 Å². The van der Waals surface area contributed by atoms with Gasteiger partial charge in [-0.25, -0.2) is 4.98 Å². The SMILES string of the molecule is O=c1[nH]c(O)c2c1c1c3ccccc3nc1c1cc3ccccc3n12. The van der Waals surface area contributed by atoms with E-state index in [1.165, 1.54) is 0 Å². The monoisotopic (exact) mass is 325 g/mol. The largest absolute Gasteiger partial charge is 0.493 e. The number of fused-ring (bicyclic) bond motifs is 10. The smallest absolute Gasteiger partial charge is 0.261 e. The van der Waals surface area contributed by atoms with Gasteiger partial charge in [-0.2, -0.15) is 0 Å². The molecule has 0 aliphatic rings. The quantitative estimate of drug-likeness (QED) is 0.446. The number of rotatable bonds is 0. The van der Waals surface area contributed by atoms with E-state index < -0.39 is 0 Å². The number of aromatic hydroxyl groups is 1. The first kappa shape index (κ1) is 12.8. The van der Waals surface area contributed by atoms with E-state index in [1.54, 1.807) is 0 Å². The van der Waals surface area contributed by atoms with Crippen molar-refractivity contribution in [3.8, 4) is 5.88 Å². The molecular weight excluding hydrogens is 314 g/mol. The molecule has 6 aromatic rings. The Labute approximate surface area is 140 Å². The van der Waals surface area contributed by atoms with Gasteiger partial charge in [0.25, 0.3) is 5.56 Å². The average Bonchev–Trinajstić information content (AvgIpc) is 3.26. The molecule has 0 unspecified atom stereocenters. The van der Waals surface area contributed by atoms with Crippen LogP contribution in [0.5, 0.6) is 5.88 Å². The zero-order chi connectivity index (χ0) is 16.7. The summed E-state index contributed by atoms with van der Waals surface area (Å²) >= 11 is 0. The fourth-order valence-electron chi connectivity index (χ4n) is 4.00. The zero-order valence-electron chi connectivity index (χ0n) is 12.9. The van der Waals surface area contributed by atoms with Crippen molar-refractivity contribution in [3.05, 3.63) is 65.0 Å². The van der Waals surface area contributed by atoms with Crippen molar-refractivity contribution in [2.75, 3.05) is 0 Å². The highest BCUT2D eigenvalue weighted by Crippen LogP contribution is 2.38. The zero-order valence-corrected chi connectivity index (χ0v) is 12.9. The molecule has 118 valence electrons. The summed E-state index contributed by atoms with van der Waals surface area (Å²) in [5, 5.41) is 13.7. The molecule has 0 fully saturated rings. The number of para-hydroxylation sites is 2. The third-order valence-electron chi connectivity index (χ3n) is 4.99. The van der Waals surface area contributed by atoms with Crippen molar-refractivity contribution in [1.29, 1.82) is 0 Å². The fraction of sp³-hybridized carbons (Fsp3) is 0. The number of hydrogen-bond acceptors (Lipinski definition) is 3. The summed E-state index contributed by atoms with van der Waals surface area (Å²) in [7, 11) is 0. The van der Waals surface area contributed by atoms with Crippen LogP contribution in [-0.2, 0) is 0 Å². The normalized spacial score (nSPS) is 12.3. The Morgan fingerprint density at radius 1 is 0.960 bits per heavy atom. The van der Waals surface area contributed by atoms with E-state index in [9.17, 15) is 9.90 Å². The van der Waals surface area contributed by atoms with Crippen LogP contribution in [0.15, 0.2) is 59.4 Å². The van der Waals surface area contributed by atoms with Gasteiger partial charge >= 0.3 is 0 Å². The van der Waals surface area contributed by atoms with Crippen LogP contribution in [0.3, 0.4) is 0 Å². The number of nitrogens with one attached hydrogen (secondary N) is 1. The molecular formula is C20H11N3O2. The van der Waals surface area contributed by atoms with Crippen molar-refractivity contribution in [2.45, 2.75) is 0 Å². The molecule has 0 amide bonds. The van der Waals surface area contributed by atoms with Gasteiger partial charge in [-0.05, 0) is 18.2 Å². The molecule has 5 nitrogen and oxygen atoms in total. The molecule has 25 heavy (non-hydrogen) atoms. The Morgan fingerprint density at radius 3 is 2.68 bits per heavy atom. The lowest BCUT2D eigenvalue weighted by Gasteiger charge is -2.03. The van der Waals surface area contributed by atoms with E-state index in [-0.39, 0.29) is 11.4 Å². The van der Waals surface area contributed by atoms with Crippen molar-refractivity contribution in [2.24, 2.45) is 0 Å². The summed E-state index contributed by atoms with van der Waals surface area (Å²) in [5.41, 5.74) is 3.65. The standard InChI is InChI=1S/C20H11N3O2/c24-19-16-15-11-6-2-3-7-12(11)21-17(15)14-9-10-5-1-4-8-13(10)23(14)18(16)20(25)22-19/h1-9,25H,(H,22,24). The molecule has 4 heterocycles. The number of pyridine rings is 1. The first-order valence-electron chi connectivity index (χ1n) is 8.03. The average molecular weight is 325 g/mol. The molecule has 0 aliphatic carbocycles. The van der Waals surface area contributed by atoms with Gasteiger partial charge in [-0.1, -0.05) is 36.4 Å². The maximum Gasteiger partial charge on any atom is 0.261 e. The first-order chi connectivity index (χ1) is 12.2. The van der Waals surface area contributed by atoms with Crippen molar-refractivity contribution in [1.82, 2.24) is 14.4 Å². The Morgan fingerprint density at radius 2 is 1.76 bits per heavy atom. The molecule has 0 spiro atoms. The van der Waals surface area contributed by atoms with Crippen LogP contribution < -0.4 is 5.56 Å². The van der Waals surface area contributed by atoms with E-state index in [2.05, 4.69) is 11.1 Å². The maximum absolute atomic E-state index is 12.6. The topological polar surface area (TPSA) is 70.4 Å². The summed E-state index contributed by atoms with van der Waals surface area (Å²) in [6.45, 7) is 0. The van der Waals surface area contributed by atoms with Gasteiger partial charge in [0.1, 0.15) is 5.52 Å². The lowest BCUT2D eigenvalue weighted by molar-refractivity contribution is 0.460. The molecule has 0 saturated heterocycles. The molecule has 4 aromatic heterocycles. The maximum atomic E-state index is 12.6. The summed E-state index contributed by atoms with van der Waals surface area (Å²) in [5.74, 6) is -0.112. The second kappa shape index (κ2) is 4.08. The number of aromatic nitrogens is 3. The summed E-state index contributed by atoms with van der Waals surface area (Å²) < 4.78 is 1.92. The van der Waals surface area contributed by atoms with E-state index in [0.29, 0.717) is 10.9 Å². The molecule has 2 N–H and O–H groups in total. The van der Waals surface area contributed by atoms with Crippen molar-refractivity contribution >= 4 is 49.1 Å². The molecule has 0 radical (unpaired) electrons. The lowest BCUT2D eigenvalue weighted by Crippen LogP contribution is -1.98. The second-order valence-electron chi connectivity index (χ2n) is 6.30. The van der Waals surface area contributed by atoms with Gasteiger partial charge in [-0.3, -0.25) is 9.78 Å². The van der Waals surface area contributed by atoms with Gasteiger partial charge in [0.05, 0.1) is 27.5 Å². The third kappa shape index (κ3) is 1.39. The van der Waals surface area contributed by atoms with Crippen LogP contribution in [-0.4, -0.2) is 19.5 Å². The highest BCUT2D eigenvalue weighted by molar-refractivity contribution is 6.25. The predicted molar refractivity (Wildman–Crippen MR) is 98.7 cm³/mol. The minimum Gasteiger partial charge on any atom is -0.493 e. The number of nitrogens with zero attached hydrogens (tertiary/aromatic N) is 2. The van der Waals surface area contributed by atoms with Gasteiger partial charge < -0.3 is 9.51 Å². The highest BCUT2D eigenvalue weighted by atomic mass is 16.3. The van der Waals surface area contributed by atoms with E-state index in [1.807, 2.05) is 52.9 Å². The first-order valence-corrected chi connectivity index (χ1v) is 8.03. The minimum absolute atomic E-state index is 0.112. The molecule has 6 rings (SSSR count). The van der Waals surface area contributed by atoms with Crippen LogP contribution in [0.4, 0.5) is 0 Å². The Kier molecular flexibility index (Phi) is 2.08. The number of benzene rings is 2. The van der Waals surface area contributed by atoms with Gasteiger partial charge in [0.15, 0.2) is 0 Å². The molecule has 5 heteroatoms. The lowest BCUT2D eigenvalue weighted by atomic mass is 10.1. The van der Waals surface area contributed by atoms with Crippen molar-refractivity contribution in [3.63, 3.8) is 0 Å². The van der Waals surface area contributed by atoms with E-state index in [4.69, 9.17) is 4.98 Å². The second-order valence-corrected chi connectivity index (χ2v) is 6.30. The number of aromatic amines is 1. The molecule has 0 atom stereocenters. The van der Waals surface area contributed by atoms with Crippen LogP contribution in [0.1, 0.15) is 0 Å². The molecule has 0 aliphatic heterocycles. The Bertz CT molecular complexity index is 1530. The van der Waals surface area contributed by atoms with Gasteiger partial charge in [-0.15, -0.1) is 0 Å². The van der Waals surface area contributed by atoms with Crippen LogP contribution in [0, 0.1) is 0 Å².